The van der Waals surface area contributed by atoms with Crippen LogP contribution in [-0.4, -0.2) is 11.6 Å². The van der Waals surface area contributed by atoms with Crippen LogP contribution >= 0.6 is 15.9 Å². The molecule has 1 amide bonds. The number of benzene rings is 3. The van der Waals surface area contributed by atoms with Crippen molar-refractivity contribution in [1.29, 1.82) is 0 Å². The van der Waals surface area contributed by atoms with E-state index in [1.54, 1.807) is 0 Å². The van der Waals surface area contributed by atoms with Crippen molar-refractivity contribution >= 4 is 38.9 Å². The van der Waals surface area contributed by atoms with E-state index >= 15 is 0 Å². The highest BCUT2D eigenvalue weighted by atomic mass is 79.9. The number of hydrogen-bond acceptors (Lipinski definition) is 3. The lowest BCUT2D eigenvalue weighted by atomic mass is 10.1. The third-order valence-corrected chi connectivity index (χ3v) is 5.33. The molecule has 0 aliphatic carbocycles. The summed E-state index contributed by atoms with van der Waals surface area (Å²) in [6, 6.07) is 17.3. The fraction of sp³-hybridized carbons (Fsp3) is 0.130. The maximum atomic E-state index is 12.4. The van der Waals surface area contributed by atoms with Gasteiger partial charge in [-0.2, -0.15) is 0 Å². The van der Waals surface area contributed by atoms with Gasteiger partial charge in [0, 0.05) is 10.0 Å². The molecule has 1 heterocycles. The normalized spacial score (nSPS) is 14.1. The number of aryl methyl sites for hydroxylation is 2. The van der Waals surface area contributed by atoms with Crippen molar-refractivity contribution in [3.8, 4) is 11.5 Å². The van der Waals surface area contributed by atoms with Crippen molar-refractivity contribution in [3.63, 3.8) is 0 Å². The fourth-order valence-corrected chi connectivity index (χ4v) is 3.75. The zero-order chi connectivity index (χ0) is 19.8. The van der Waals surface area contributed by atoms with Crippen LogP contribution in [0.25, 0.3) is 0 Å². The third kappa shape index (κ3) is 3.45. The first-order valence-electron chi connectivity index (χ1n) is 8.97. The fourth-order valence-electron chi connectivity index (χ4n) is 3.18. The largest absolute Gasteiger partial charge is 0.457 e. The van der Waals surface area contributed by atoms with Crippen LogP contribution < -0.4 is 10.1 Å². The number of ether oxygens (including phenoxy) is 1. The van der Waals surface area contributed by atoms with Gasteiger partial charge in [0.2, 0.25) is 0 Å². The number of fused-ring (bicyclic) bond motifs is 1. The Morgan fingerprint density at radius 3 is 2.46 bits per heavy atom. The number of hydrogen-bond donors (Lipinski definition) is 1. The van der Waals surface area contributed by atoms with Crippen LogP contribution in [0.15, 0.2) is 64.1 Å². The maximum absolute atomic E-state index is 12.4. The van der Waals surface area contributed by atoms with Crippen LogP contribution in [0.1, 0.15) is 22.3 Å². The number of amides is 1. The van der Waals surface area contributed by atoms with Gasteiger partial charge in [0.25, 0.3) is 5.91 Å². The number of carbonyl (C=O) groups is 1. The monoisotopic (exact) mass is 434 g/mol. The summed E-state index contributed by atoms with van der Waals surface area (Å²) in [4.78, 5) is 17.0. The molecule has 3 aromatic rings. The Morgan fingerprint density at radius 1 is 0.964 bits per heavy atom. The van der Waals surface area contributed by atoms with Crippen LogP contribution in [0.4, 0.5) is 11.4 Å². The molecule has 1 N–H and O–H groups in total. The van der Waals surface area contributed by atoms with Crippen molar-refractivity contribution in [2.75, 3.05) is 5.32 Å². The van der Waals surface area contributed by atoms with E-state index in [2.05, 4.69) is 39.2 Å². The molecule has 1 aliphatic rings. The molecule has 0 bridgehead atoms. The van der Waals surface area contributed by atoms with Crippen molar-refractivity contribution in [1.82, 2.24) is 0 Å². The number of anilines is 1. The second-order valence-corrected chi connectivity index (χ2v) is 7.77. The van der Waals surface area contributed by atoms with Gasteiger partial charge in [-0.05, 0) is 79.9 Å². The van der Waals surface area contributed by atoms with E-state index in [0.29, 0.717) is 11.4 Å². The smallest absolute Gasteiger partial charge is 0.275 e. The SMILES string of the molecule is Cc1cccc(Oc2ccc(N=C3C(=O)Nc4c(C)cc(Br)cc43)cc2)c1C. The van der Waals surface area contributed by atoms with Gasteiger partial charge in [-0.3, -0.25) is 4.79 Å². The predicted molar refractivity (Wildman–Crippen MR) is 116 cm³/mol. The summed E-state index contributed by atoms with van der Waals surface area (Å²) < 4.78 is 6.91. The third-order valence-electron chi connectivity index (χ3n) is 4.87. The molecule has 0 spiro atoms. The number of aliphatic imine (C=N–C) groups is 1. The van der Waals surface area contributed by atoms with E-state index in [1.165, 1.54) is 5.56 Å². The van der Waals surface area contributed by atoms with E-state index in [0.717, 1.165) is 38.3 Å². The van der Waals surface area contributed by atoms with Crippen LogP contribution in [0.2, 0.25) is 0 Å². The average Bonchev–Trinajstić information content (AvgIpc) is 2.97. The molecule has 0 radical (unpaired) electrons. The van der Waals surface area contributed by atoms with E-state index in [9.17, 15) is 4.79 Å². The summed E-state index contributed by atoms with van der Waals surface area (Å²) in [6.45, 7) is 6.07. The molecule has 28 heavy (non-hydrogen) atoms. The minimum absolute atomic E-state index is 0.188. The second-order valence-electron chi connectivity index (χ2n) is 6.85. The molecular weight excluding hydrogens is 416 g/mol. The van der Waals surface area contributed by atoms with E-state index < -0.39 is 0 Å². The highest BCUT2D eigenvalue weighted by molar-refractivity contribution is 9.10. The molecule has 3 aromatic carbocycles. The molecule has 0 fully saturated rings. The standard InChI is InChI=1S/C23H19BrN2O2/c1-13-5-4-6-20(15(13)3)28-18-9-7-17(8-10-18)25-22-19-12-16(24)11-14(2)21(19)26-23(22)27/h4-12H,1-3H3,(H,25,26,27). The molecule has 0 atom stereocenters. The Balaban J connectivity index is 1.62. The lowest BCUT2D eigenvalue weighted by Crippen LogP contribution is -2.13. The van der Waals surface area contributed by atoms with Gasteiger partial charge in [0.15, 0.2) is 0 Å². The van der Waals surface area contributed by atoms with Gasteiger partial charge in [0.05, 0.1) is 11.4 Å². The molecular formula is C23H19BrN2O2. The highest BCUT2D eigenvalue weighted by Gasteiger charge is 2.27. The first kappa shape index (κ1) is 18.4. The number of nitrogens with zero attached hydrogens (tertiary/aromatic N) is 1. The average molecular weight is 435 g/mol. The molecule has 1 aliphatic heterocycles. The summed E-state index contributed by atoms with van der Waals surface area (Å²) in [6.07, 6.45) is 0. The van der Waals surface area contributed by atoms with Gasteiger partial charge < -0.3 is 10.1 Å². The Kier molecular flexibility index (Phi) is 4.77. The Labute approximate surface area is 172 Å². The summed E-state index contributed by atoms with van der Waals surface area (Å²) >= 11 is 3.49. The number of rotatable bonds is 3. The molecule has 4 nitrogen and oxygen atoms in total. The molecule has 0 aromatic heterocycles. The quantitative estimate of drug-likeness (QED) is 0.530. The van der Waals surface area contributed by atoms with Crippen LogP contribution in [0.3, 0.4) is 0 Å². The first-order valence-corrected chi connectivity index (χ1v) is 9.76. The van der Waals surface area contributed by atoms with Gasteiger partial charge in [-0.25, -0.2) is 4.99 Å². The van der Waals surface area contributed by atoms with Crippen molar-refractivity contribution < 1.29 is 9.53 Å². The van der Waals surface area contributed by atoms with Gasteiger partial charge in [-0.1, -0.05) is 28.1 Å². The van der Waals surface area contributed by atoms with Gasteiger partial charge >= 0.3 is 0 Å². The summed E-state index contributed by atoms with van der Waals surface area (Å²) in [5.41, 5.74) is 6.06. The maximum Gasteiger partial charge on any atom is 0.275 e. The molecule has 0 unspecified atom stereocenters. The van der Waals surface area contributed by atoms with Crippen molar-refractivity contribution in [2.24, 2.45) is 4.99 Å². The zero-order valence-electron chi connectivity index (χ0n) is 15.8. The lowest BCUT2D eigenvalue weighted by Gasteiger charge is -2.10. The Hall–Kier alpha value is -2.92. The molecule has 140 valence electrons. The molecule has 4 rings (SSSR count). The van der Waals surface area contributed by atoms with Crippen LogP contribution in [0, 0.1) is 20.8 Å². The first-order chi connectivity index (χ1) is 13.4. The number of nitrogens with one attached hydrogen (secondary N) is 1. The molecule has 5 heteroatoms. The molecule has 0 saturated carbocycles. The highest BCUT2D eigenvalue weighted by Crippen LogP contribution is 2.33. The van der Waals surface area contributed by atoms with Gasteiger partial charge in [0.1, 0.15) is 17.2 Å². The second kappa shape index (κ2) is 7.24. The van der Waals surface area contributed by atoms with E-state index in [1.807, 2.05) is 62.4 Å². The Morgan fingerprint density at radius 2 is 1.71 bits per heavy atom. The minimum Gasteiger partial charge on any atom is -0.457 e. The Bertz CT molecular complexity index is 1120. The summed E-state index contributed by atoms with van der Waals surface area (Å²) in [5, 5.41) is 2.90. The van der Waals surface area contributed by atoms with E-state index in [-0.39, 0.29) is 5.91 Å². The number of halogens is 1. The topological polar surface area (TPSA) is 50.7 Å². The summed E-state index contributed by atoms with van der Waals surface area (Å²) in [5.74, 6) is 1.38. The molecule has 0 saturated heterocycles. The van der Waals surface area contributed by atoms with Crippen molar-refractivity contribution in [2.45, 2.75) is 20.8 Å². The summed E-state index contributed by atoms with van der Waals surface area (Å²) in [7, 11) is 0. The van der Waals surface area contributed by atoms with Crippen molar-refractivity contribution in [3.05, 3.63) is 81.3 Å². The predicted octanol–water partition coefficient (Wildman–Crippen LogP) is 6.24. The lowest BCUT2D eigenvalue weighted by molar-refractivity contribution is -0.110. The van der Waals surface area contributed by atoms with Gasteiger partial charge in [-0.15, -0.1) is 0 Å². The minimum atomic E-state index is -0.188. The van der Waals surface area contributed by atoms with E-state index in [4.69, 9.17) is 4.74 Å². The number of carbonyl (C=O) groups excluding carboxylic acids is 1. The zero-order valence-corrected chi connectivity index (χ0v) is 17.4. The van der Waals surface area contributed by atoms with Crippen LogP contribution in [-0.2, 0) is 4.79 Å². The van der Waals surface area contributed by atoms with Crippen LogP contribution in [0.5, 0.6) is 11.5 Å².